The van der Waals surface area contributed by atoms with Crippen LogP contribution in [0.3, 0.4) is 0 Å². The van der Waals surface area contributed by atoms with E-state index in [9.17, 15) is 14.4 Å². The Labute approximate surface area is 184 Å². The SMILES string of the molecule is CC1CC(OC(=O)c2ccccc2)[C@H](n2ccc(=O)n(COCc3ccccc3)c2=O)O1. The second kappa shape index (κ2) is 9.76. The van der Waals surface area contributed by atoms with Crippen molar-refractivity contribution < 1.29 is 19.0 Å². The zero-order valence-electron chi connectivity index (χ0n) is 17.6. The van der Waals surface area contributed by atoms with Crippen molar-refractivity contribution in [2.45, 2.75) is 45.1 Å². The summed E-state index contributed by atoms with van der Waals surface area (Å²) in [6.07, 6.45) is 0.0527. The van der Waals surface area contributed by atoms with E-state index in [-0.39, 0.29) is 19.4 Å². The molecule has 1 fully saturated rings. The average molecular weight is 436 g/mol. The molecule has 2 heterocycles. The van der Waals surface area contributed by atoms with Crippen molar-refractivity contribution in [2.75, 3.05) is 0 Å². The highest BCUT2D eigenvalue weighted by molar-refractivity contribution is 5.89. The highest BCUT2D eigenvalue weighted by Crippen LogP contribution is 2.30. The second-order valence-corrected chi connectivity index (χ2v) is 7.62. The Bertz CT molecular complexity index is 1170. The van der Waals surface area contributed by atoms with Crippen molar-refractivity contribution in [3.05, 3.63) is 105 Å². The molecule has 0 aliphatic carbocycles. The number of benzene rings is 2. The lowest BCUT2D eigenvalue weighted by Gasteiger charge is -2.22. The van der Waals surface area contributed by atoms with Gasteiger partial charge in [-0.05, 0) is 24.6 Å². The summed E-state index contributed by atoms with van der Waals surface area (Å²) in [5.74, 6) is -0.495. The number of ether oxygens (including phenoxy) is 3. The van der Waals surface area contributed by atoms with E-state index < -0.39 is 29.6 Å². The monoisotopic (exact) mass is 436 g/mol. The first-order valence-electron chi connectivity index (χ1n) is 10.4. The van der Waals surface area contributed by atoms with Gasteiger partial charge in [0.15, 0.2) is 6.23 Å². The number of carbonyl (C=O) groups excluding carboxylic acids is 1. The summed E-state index contributed by atoms with van der Waals surface area (Å²) >= 11 is 0. The minimum Gasteiger partial charge on any atom is -0.454 e. The molecule has 2 unspecified atom stereocenters. The summed E-state index contributed by atoms with van der Waals surface area (Å²) in [4.78, 5) is 37.9. The molecule has 1 aromatic heterocycles. The van der Waals surface area contributed by atoms with Crippen LogP contribution in [0.4, 0.5) is 0 Å². The molecule has 0 N–H and O–H groups in total. The smallest absolute Gasteiger partial charge is 0.338 e. The summed E-state index contributed by atoms with van der Waals surface area (Å²) < 4.78 is 19.4. The minimum atomic E-state index is -0.842. The van der Waals surface area contributed by atoms with E-state index in [4.69, 9.17) is 14.2 Å². The van der Waals surface area contributed by atoms with Gasteiger partial charge in [-0.1, -0.05) is 48.5 Å². The van der Waals surface area contributed by atoms with Gasteiger partial charge in [-0.25, -0.2) is 14.2 Å². The second-order valence-electron chi connectivity index (χ2n) is 7.62. The lowest BCUT2D eigenvalue weighted by Crippen LogP contribution is -2.43. The lowest BCUT2D eigenvalue weighted by molar-refractivity contribution is -0.0487. The van der Waals surface area contributed by atoms with Crippen LogP contribution in [0.1, 0.15) is 35.5 Å². The Morgan fingerprint density at radius 1 is 1.03 bits per heavy atom. The molecule has 8 nitrogen and oxygen atoms in total. The van der Waals surface area contributed by atoms with Gasteiger partial charge in [-0.3, -0.25) is 9.36 Å². The fourth-order valence-corrected chi connectivity index (χ4v) is 3.63. The van der Waals surface area contributed by atoms with Crippen LogP contribution >= 0.6 is 0 Å². The predicted octanol–water partition coefficient (Wildman–Crippen LogP) is 2.72. The maximum Gasteiger partial charge on any atom is 0.338 e. The molecule has 3 aromatic rings. The summed E-state index contributed by atoms with van der Waals surface area (Å²) in [6.45, 7) is 1.90. The molecule has 1 aliphatic rings. The number of esters is 1. The Hall–Kier alpha value is -3.49. The van der Waals surface area contributed by atoms with E-state index in [0.717, 1.165) is 10.1 Å². The number of aromatic nitrogens is 2. The molecule has 1 saturated heterocycles. The maximum absolute atomic E-state index is 13.1. The Balaban J connectivity index is 1.52. The molecule has 32 heavy (non-hydrogen) atoms. The van der Waals surface area contributed by atoms with Gasteiger partial charge in [0.25, 0.3) is 5.56 Å². The van der Waals surface area contributed by atoms with Gasteiger partial charge < -0.3 is 14.2 Å². The molecule has 3 atom stereocenters. The van der Waals surface area contributed by atoms with Crippen molar-refractivity contribution >= 4 is 5.97 Å². The molecule has 0 radical (unpaired) electrons. The highest BCUT2D eigenvalue weighted by Gasteiger charge is 2.38. The molecule has 2 aromatic carbocycles. The third-order valence-corrected chi connectivity index (χ3v) is 5.22. The molecule has 8 heteroatoms. The first-order chi connectivity index (χ1) is 15.5. The van der Waals surface area contributed by atoms with Crippen LogP contribution in [0.5, 0.6) is 0 Å². The maximum atomic E-state index is 13.1. The molecule has 4 rings (SSSR count). The summed E-state index contributed by atoms with van der Waals surface area (Å²) in [7, 11) is 0. The number of carbonyl (C=O) groups is 1. The largest absolute Gasteiger partial charge is 0.454 e. The van der Waals surface area contributed by atoms with Crippen LogP contribution in [0.25, 0.3) is 0 Å². The lowest BCUT2D eigenvalue weighted by atomic mass is 10.2. The van der Waals surface area contributed by atoms with Crippen molar-refractivity contribution in [1.29, 1.82) is 0 Å². The number of hydrogen-bond acceptors (Lipinski definition) is 6. The number of hydrogen-bond donors (Lipinski definition) is 0. The van der Waals surface area contributed by atoms with Crippen molar-refractivity contribution in [1.82, 2.24) is 9.13 Å². The van der Waals surface area contributed by atoms with E-state index in [2.05, 4.69) is 0 Å². The number of nitrogens with zero attached hydrogens (tertiary/aromatic N) is 2. The van der Waals surface area contributed by atoms with E-state index >= 15 is 0 Å². The Morgan fingerprint density at radius 3 is 2.44 bits per heavy atom. The summed E-state index contributed by atoms with van der Waals surface area (Å²) in [5.41, 5.74) is 0.267. The standard InChI is InChI=1S/C24H24N2O6/c1-17-14-20(32-23(28)19-10-6-3-7-11-19)22(31-17)25-13-12-21(27)26(24(25)29)16-30-15-18-8-4-2-5-9-18/h2-13,17,20,22H,14-16H2,1H3/t17?,20?,22-/m1/s1. The number of rotatable bonds is 7. The predicted molar refractivity (Wildman–Crippen MR) is 116 cm³/mol. The first-order valence-corrected chi connectivity index (χ1v) is 10.4. The van der Waals surface area contributed by atoms with Gasteiger partial charge in [0, 0.05) is 18.7 Å². The Kier molecular flexibility index (Phi) is 6.63. The van der Waals surface area contributed by atoms with Gasteiger partial charge >= 0.3 is 11.7 Å². The van der Waals surface area contributed by atoms with E-state index in [0.29, 0.717) is 12.0 Å². The molecule has 0 spiro atoms. The normalized spacial score (nSPS) is 20.2. The molecule has 0 saturated carbocycles. The van der Waals surface area contributed by atoms with Crippen LogP contribution in [-0.4, -0.2) is 27.3 Å². The van der Waals surface area contributed by atoms with Crippen LogP contribution in [-0.2, 0) is 27.5 Å². The van der Waals surface area contributed by atoms with Gasteiger partial charge in [0.05, 0.1) is 18.3 Å². The fraction of sp³-hybridized carbons (Fsp3) is 0.292. The highest BCUT2D eigenvalue weighted by atomic mass is 16.6. The zero-order chi connectivity index (χ0) is 22.5. The van der Waals surface area contributed by atoms with Gasteiger partial charge in [-0.15, -0.1) is 0 Å². The van der Waals surface area contributed by atoms with Crippen LogP contribution in [0, 0.1) is 0 Å². The van der Waals surface area contributed by atoms with Crippen molar-refractivity contribution in [2.24, 2.45) is 0 Å². The average Bonchev–Trinajstić information content (AvgIpc) is 3.17. The Morgan fingerprint density at radius 2 is 1.72 bits per heavy atom. The molecule has 1 aliphatic heterocycles. The molecular formula is C24H24N2O6. The fourth-order valence-electron chi connectivity index (χ4n) is 3.63. The molecule has 166 valence electrons. The van der Waals surface area contributed by atoms with Crippen LogP contribution in [0.15, 0.2) is 82.5 Å². The van der Waals surface area contributed by atoms with Gasteiger partial charge in [-0.2, -0.15) is 0 Å². The third-order valence-electron chi connectivity index (χ3n) is 5.22. The van der Waals surface area contributed by atoms with E-state index in [1.807, 2.05) is 43.3 Å². The molecule has 0 bridgehead atoms. The topological polar surface area (TPSA) is 88.8 Å². The zero-order valence-corrected chi connectivity index (χ0v) is 17.6. The first kappa shape index (κ1) is 21.7. The van der Waals surface area contributed by atoms with Crippen molar-refractivity contribution in [3.8, 4) is 0 Å². The van der Waals surface area contributed by atoms with Crippen LogP contribution < -0.4 is 11.2 Å². The quantitative estimate of drug-likeness (QED) is 0.529. The third kappa shape index (κ3) is 4.87. The summed E-state index contributed by atoms with van der Waals surface area (Å²) in [6, 6.07) is 19.4. The minimum absolute atomic E-state index is 0.204. The van der Waals surface area contributed by atoms with Crippen LogP contribution in [0.2, 0.25) is 0 Å². The summed E-state index contributed by atoms with van der Waals surface area (Å²) in [5, 5.41) is 0. The molecular weight excluding hydrogens is 412 g/mol. The van der Waals surface area contributed by atoms with E-state index in [1.54, 1.807) is 24.3 Å². The van der Waals surface area contributed by atoms with E-state index in [1.165, 1.54) is 16.8 Å². The van der Waals surface area contributed by atoms with Gasteiger partial charge in [0.2, 0.25) is 0 Å². The molecule has 0 amide bonds. The van der Waals surface area contributed by atoms with Gasteiger partial charge in [0.1, 0.15) is 12.8 Å². The van der Waals surface area contributed by atoms with Crippen molar-refractivity contribution in [3.63, 3.8) is 0 Å².